The number of para-hydroxylation sites is 1. The molecule has 1 amide bonds. The van der Waals surface area contributed by atoms with E-state index in [0.717, 1.165) is 37.0 Å². The lowest BCUT2D eigenvalue weighted by Crippen LogP contribution is -2.59. The fourth-order valence-corrected chi connectivity index (χ4v) is 3.85. The number of unbranched alkanes of at least 4 members (excludes halogenated alkanes) is 1. The SMILES string of the molecule is CCCCC1CN(C(=O)[C@@H]2C[C@@H](C)NC(=S)N2)Cc2ccccc2O1. The Kier molecular flexibility index (Phi) is 5.78. The van der Waals surface area contributed by atoms with Crippen molar-refractivity contribution >= 4 is 23.2 Å². The monoisotopic (exact) mass is 361 g/mol. The van der Waals surface area contributed by atoms with Crippen molar-refractivity contribution in [3.8, 4) is 5.75 Å². The fraction of sp³-hybridized carbons (Fsp3) is 0.579. The minimum atomic E-state index is -0.263. The molecule has 0 aliphatic carbocycles. The first-order valence-corrected chi connectivity index (χ1v) is 9.58. The van der Waals surface area contributed by atoms with E-state index in [4.69, 9.17) is 17.0 Å². The maximum absolute atomic E-state index is 13.1. The van der Waals surface area contributed by atoms with Crippen LogP contribution in [0.2, 0.25) is 0 Å². The average molecular weight is 362 g/mol. The van der Waals surface area contributed by atoms with Crippen molar-refractivity contribution in [2.45, 2.75) is 64.3 Å². The van der Waals surface area contributed by atoms with Crippen LogP contribution in [0.5, 0.6) is 5.75 Å². The molecule has 0 saturated carbocycles. The number of hydrogen-bond donors (Lipinski definition) is 2. The highest BCUT2D eigenvalue weighted by atomic mass is 32.1. The summed E-state index contributed by atoms with van der Waals surface area (Å²) in [7, 11) is 0. The highest BCUT2D eigenvalue weighted by Crippen LogP contribution is 2.27. The minimum absolute atomic E-state index is 0.0404. The Labute approximate surface area is 155 Å². The Hall–Kier alpha value is -1.82. The molecule has 0 radical (unpaired) electrons. The summed E-state index contributed by atoms with van der Waals surface area (Å²) in [5.41, 5.74) is 1.07. The van der Waals surface area contributed by atoms with Crippen molar-refractivity contribution in [1.29, 1.82) is 0 Å². The van der Waals surface area contributed by atoms with E-state index < -0.39 is 0 Å². The van der Waals surface area contributed by atoms with Crippen molar-refractivity contribution in [3.05, 3.63) is 29.8 Å². The molecular formula is C19H27N3O2S. The van der Waals surface area contributed by atoms with Gasteiger partial charge in [-0.2, -0.15) is 0 Å². The zero-order valence-electron chi connectivity index (χ0n) is 15.0. The van der Waals surface area contributed by atoms with Gasteiger partial charge in [-0.05, 0) is 44.5 Å². The predicted octanol–water partition coefficient (Wildman–Crippen LogP) is 2.59. The predicted molar refractivity (Wildman–Crippen MR) is 103 cm³/mol. The number of rotatable bonds is 4. The molecule has 2 aliphatic heterocycles. The number of fused-ring (bicyclic) bond motifs is 1. The lowest BCUT2D eigenvalue weighted by Gasteiger charge is -2.34. The Morgan fingerprint density at radius 2 is 2.16 bits per heavy atom. The van der Waals surface area contributed by atoms with Gasteiger partial charge in [0.1, 0.15) is 17.9 Å². The van der Waals surface area contributed by atoms with E-state index in [9.17, 15) is 4.79 Å². The number of carbonyl (C=O) groups is 1. The van der Waals surface area contributed by atoms with Gasteiger partial charge in [0.25, 0.3) is 0 Å². The van der Waals surface area contributed by atoms with Crippen molar-refractivity contribution < 1.29 is 9.53 Å². The second-order valence-corrected chi connectivity index (χ2v) is 7.42. The first kappa shape index (κ1) is 18.0. The van der Waals surface area contributed by atoms with Gasteiger partial charge in [0, 0.05) is 18.2 Å². The molecule has 1 aromatic rings. The van der Waals surface area contributed by atoms with E-state index in [1.54, 1.807) is 0 Å². The maximum atomic E-state index is 13.1. The van der Waals surface area contributed by atoms with Gasteiger partial charge in [-0.15, -0.1) is 0 Å². The first-order chi connectivity index (χ1) is 12.1. The van der Waals surface area contributed by atoms with E-state index in [1.165, 1.54) is 0 Å². The van der Waals surface area contributed by atoms with Crippen molar-refractivity contribution in [1.82, 2.24) is 15.5 Å². The summed E-state index contributed by atoms with van der Waals surface area (Å²) >= 11 is 5.23. The van der Waals surface area contributed by atoms with Gasteiger partial charge in [0.15, 0.2) is 5.11 Å². The molecule has 2 heterocycles. The molecular weight excluding hydrogens is 334 g/mol. The highest BCUT2D eigenvalue weighted by Gasteiger charge is 2.33. The Bertz CT molecular complexity index is 637. The van der Waals surface area contributed by atoms with Crippen LogP contribution < -0.4 is 15.4 Å². The number of hydrogen-bond acceptors (Lipinski definition) is 3. The molecule has 6 heteroatoms. The smallest absolute Gasteiger partial charge is 0.245 e. The van der Waals surface area contributed by atoms with Crippen LogP contribution in [0, 0.1) is 0 Å². The van der Waals surface area contributed by atoms with Crippen molar-refractivity contribution in [3.63, 3.8) is 0 Å². The van der Waals surface area contributed by atoms with Gasteiger partial charge >= 0.3 is 0 Å². The summed E-state index contributed by atoms with van der Waals surface area (Å²) in [5, 5.41) is 6.85. The van der Waals surface area contributed by atoms with Crippen molar-refractivity contribution in [2.24, 2.45) is 0 Å². The van der Waals surface area contributed by atoms with Gasteiger partial charge < -0.3 is 20.3 Å². The number of nitrogens with zero attached hydrogens (tertiary/aromatic N) is 1. The third-order valence-corrected chi connectivity index (χ3v) is 5.05. The van der Waals surface area contributed by atoms with Crippen LogP contribution in [-0.4, -0.2) is 40.7 Å². The summed E-state index contributed by atoms with van der Waals surface area (Å²) in [6.07, 6.45) is 3.96. The molecule has 1 aromatic carbocycles. The summed E-state index contributed by atoms with van der Waals surface area (Å²) in [4.78, 5) is 15.1. The molecule has 25 heavy (non-hydrogen) atoms. The number of thiocarbonyl (C=S) groups is 1. The van der Waals surface area contributed by atoms with Crippen LogP contribution in [0.15, 0.2) is 24.3 Å². The average Bonchev–Trinajstić information content (AvgIpc) is 2.77. The summed E-state index contributed by atoms with van der Waals surface area (Å²) < 4.78 is 6.22. The van der Waals surface area contributed by atoms with Gasteiger partial charge in [0.2, 0.25) is 5.91 Å². The number of nitrogens with one attached hydrogen (secondary N) is 2. The van der Waals surface area contributed by atoms with E-state index in [1.807, 2.05) is 29.2 Å². The standard InChI is InChI=1S/C19H27N3O2S/c1-3-4-8-15-12-22(11-14-7-5-6-9-17(14)24-15)18(23)16-10-13(2)20-19(25)21-16/h5-7,9,13,15-16H,3-4,8,10-12H2,1-2H3,(H2,20,21,25)/t13-,15?,16+/m1/s1. The molecule has 0 bridgehead atoms. The number of amides is 1. The molecule has 1 saturated heterocycles. The molecule has 3 atom stereocenters. The normalized spacial score (nSPS) is 25.9. The lowest BCUT2D eigenvalue weighted by atomic mass is 10.0. The Balaban J connectivity index is 1.79. The van der Waals surface area contributed by atoms with E-state index in [2.05, 4.69) is 24.5 Å². The zero-order valence-corrected chi connectivity index (χ0v) is 15.8. The van der Waals surface area contributed by atoms with Gasteiger partial charge in [-0.1, -0.05) is 31.5 Å². The Morgan fingerprint density at radius 1 is 1.36 bits per heavy atom. The minimum Gasteiger partial charge on any atom is -0.488 e. The molecule has 5 nitrogen and oxygen atoms in total. The molecule has 2 aliphatic rings. The van der Waals surface area contributed by atoms with Gasteiger partial charge in [0.05, 0.1) is 6.54 Å². The van der Waals surface area contributed by atoms with E-state index in [0.29, 0.717) is 18.2 Å². The number of carbonyl (C=O) groups excluding carboxylic acids is 1. The van der Waals surface area contributed by atoms with E-state index >= 15 is 0 Å². The number of benzene rings is 1. The molecule has 0 aromatic heterocycles. The van der Waals surface area contributed by atoms with Gasteiger partial charge in [-0.25, -0.2) is 0 Å². The molecule has 2 N–H and O–H groups in total. The van der Waals surface area contributed by atoms with Crippen LogP contribution in [0.4, 0.5) is 0 Å². The van der Waals surface area contributed by atoms with Crippen LogP contribution in [0.1, 0.15) is 45.1 Å². The number of ether oxygens (including phenoxy) is 1. The largest absolute Gasteiger partial charge is 0.488 e. The molecule has 3 rings (SSSR count). The second-order valence-electron chi connectivity index (χ2n) is 7.02. The topological polar surface area (TPSA) is 53.6 Å². The maximum Gasteiger partial charge on any atom is 0.245 e. The lowest BCUT2D eigenvalue weighted by molar-refractivity contribution is -0.135. The van der Waals surface area contributed by atoms with Crippen LogP contribution in [-0.2, 0) is 11.3 Å². The van der Waals surface area contributed by atoms with Crippen LogP contribution in [0.3, 0.4) is 0 Å². The third-order valence-electron chi connectivity index (χ3n) is 4.81. The van der Waals surface area contributed by atoms with Crippen LogP contribution >= 0.6 is 12.2 Å². The fourth-order valence-electron chi connectivity index (χ4n) is 3.51. The third kappa shape index (κ3) is 4.42. The van der Waals surface area contributed by atoms with Gasteiger partial charge in [-0.3, -0.25) is 4.79 Å². The first-order valence-electron chi connectivity index (χ1n) is 9.17. The van der Waals surface area contributed by atoms with Crippen molar-refractivity contribution in [2.75, 3.05) is 6.54 Å². The molecule has 1 fully saturated rings. The van der Waals surface area contributed by atoms with Crippen LogP contribution in [0.25, 0.3) is 0 Å². The summed E-state index contributed by atoms with van der Waals surface area (Å²) in [6.45, 7) is 5.44. The summed E-state index contributed by atoms with van der Waals surface area (Å²) in [6, 6.07) is 7.97. The quantitative estimate of drug-likeness (QED) is 0.808. The zero-order chi connectivity index (χ0) is 17.8. The highest BCUT2D eigenvalue weighted by molar-refractivity contribution is 7.80. The van der Waals surface area contributed by atoms with E-state index in [-0.39, 0.29) is 24.1 Å². The second kappa shape index (κ2) is 8.04. The summed E-state index contributed by atoms with van der Waals surface area (Å²) in [5.74, 6) is 1.01. The molecule has 0 spiro atoms. The Morgan fingerprint density at radius 3 is 2.92 bits per heavy atom. The molecule has 136 valence electrons. The molecule has 1 unspecified atom stereocenters.